The number of nitrogens with one attached hydrogen (secondary N) is 2. The second-order valence-electron chi connectivity index (χ2n) is 6.14. The summed E-state index contributed by atoms with van der Waals surface area (Å²) in [7, 11) is -2.20. The minimum Gasteiger partial charge on any atom is -0.497 e. The monoisotopic (exact) mass is 405 g/mol. The normalized spacial score (nSPS) is 11.3. The standard InChI is InChI=1S/C20H27N3O4S/c1-4-23(5-2)15-14-21-20(24)16-6-8-17(9-7-16)22-28(25,26)19-12-10-18(27-3)11-13-19/h6-13,22H,4-5,14-15H2,1-3H3,(H,21,24). The Kier molecular flexibility index (Phi) is 7.83. The Bertz CT molecular complexity index is 861. The van der Waals surface area contributed by atoms with Gasteiger partial charge in [0.2, 0.25) is 0 Å². The molecule has 152 valence electrons. The van der Waals surface area contributed by atoms with Gasteiger partial charge in [0.25, 0.3) is 15.9 Å². The molecule has 2 rings (SSSR count). The van der Waals surface area contributed by atoms with Crippen LogP contribution in [0.5, 0.6) is 5.75 Å². The van der Waals surface area contributed by atoms with Crippen LogP contribution in [0.2, 0.25) is 0 Å². The van der Waals surface area contributed by atoms with Gasteiger partial charge in [-0.25, -0.2) is 8.42 Å². The second kappa shape index (κ2) is 10.1. The third-order valence-corrected chi connectivity index (χ3v) is 5.77. The highest BCUT2D eigenvalue weighted by Gasteiger charge is 2.14. The number of methoxy groups -OCH3 is 1. The average Bonchev–Trinajstić information content (AvgIpc) is 2.71. The average molecular weight is 406 g/mol. The van der Waals surface area contributed by atoms with Crippen LogP contribution in [0, 0.1) is 0 Å². The molecule has 0 aliphatic carbocycles. The van der Waals surface area contributed by atoms with Crippen molar-refractivity contribution in [2.75, 3.05) is 38.0 Å². The summed E-state index contributed by atoms with van der Waals surface area (Å²) in [5.74, 6) is 0.395. The first-order chi connectivity index (χ1) is 13.4. The molecule has 28 heavy (non-hydrogen) atoms. The summed E-state index contributed by atoms with van der Waals surface area (Å²) in [5.41, 5.74) is 0.863. The number of hydrogen-bond acceptors (Lipinski definition) is 5. The molecule has 0 bridgehead atoms. The maximum absolute atomic E-state index is 12.4. The fourth-order valence-corrected chi connectivity index (χ4v) is 3.69. The minimum atomic E-state index is -3.71. The topological polar surface area (TPSA) is 87.7 Å². The van der Waals surface area contributed by atoms with Crippen LogP contribution >= 0.6 is 0 Å². The lowest BCUT2D eigenvalue weighted by atomic mass is 10.2. The van der Waals surface area contributed by atoms with Crippen molar-refractivity contribution >= 4 is 21.6 Å². The maximum atomic E-state index is 12.4. The van der Waals surface area contributed by atoms with E-state index in [0.717, 1.165) is 19.6 Å². The summed E-state index contributed by atoms with van der Waals surface area (Å²) in [6.07, 6.45) is 0. The summed E-state index contributed by atoms with van der Waals surface area (Å²) < 4.78 is 32.4. The highest BCUT2D eigenvalue weighted by Crippen LogP contribution is 2.19. The predicted octanol–water partition coefficient (Wildman–Crippen LogP) is 2.57. The zero-order chi connectivity index (χ0) is 20.6. The zero-order valence-corrected chi connectivity index (χ0v) is 17.3. The Labute approximate surface area is 166 Å². The van der Waals surface area contributed by atoms with Crippen molar-refractivity contribution < 1.29 is 17.9 Å². The van der Waals surface area contributed by atoms with Crippen LogP contribution in [0.15, 0.2) is 53.4 Å². The first-order valence-corrected chi connectivity index (χ1v) is 10.7. The highest BCUT2D eigenvalue weighted by atomic mass is 32.2. The Morgan fingerprint density at radius 1 is 1.00 bits per heavy atom. The van der Waals surface area contributed by atoms with Crippen LogP contribution in [0.25, 0.3) is 0 Å². The molecule has 2 aromatic rings. The summed E-state index contributed by atoms with van der Waals surface area (Å²) >= 11 is 0. The van der Waals surface area contributed by atoms with Crippen LogP contribution < -0.4 is 14.8 Å². The largest absolute Gasteiger partial charge is 0.497 e. The number of benzene rings is 2. The molecule has 0 unspecified atom stereocenters. The molecule has 0 atom stereocenters. The van der Waals surface area contributed by atoms with E-state index in [9.17, 15) is 13.2 Å². The maximum Gasteiger partial charge on any atom is 0.261 e. The molecule has 0 aliphatic heterocycles. The number of carbonyl (C=O) groups excluding carboxylic acids is 1. The molecular formula is C20H27N3O4S. The van der Waals surface area contributed by atoms with E-state index in [0.29, 0.717) is 23.5 Å². The fourth-order valence-electron chi connectivity index (χ4n) is 2.63. The lowest BCUT2D eigenvalue weighted by molar-refractivity contribution is 0.0949. The number of carbonyl (C=O) groups is 1. The molecule has 0 spiro atoms. The third-order valence-electron chi connectivity index (χ3n) is 4.38. The number of nitrogens with zero attached hydrogens (tertiary/aromatic N) is 1. The Balaban J connectivity index is 1.96. The lowest BCUT2D eigenvalue weighted by Gasteiger charge is -2.18. The van der Waals surface area contributed by atoms with Gasteiger partial charge in [-0.3, -0.25) is 9.52 Å². The van der Waals surface area contributed by atoms with Gasteiger partial charge in [-0.2, -0.15) is 0 Å². The van der Waals surface area contributed by atoms with E-state index in [-0.39, 0.29) is 10.8 Å². The van der Waals surface area contributed by atoms with Crippen LogP contribution in [0.1, 0.15) is 24.2 Å². The SMILES string of the molecule is CCN(CC)CCNC(=O)c1ccc(NS(=O)(=O)c2ccc(OC)cc2)cc1. The molecule has 0 aromatic heterocycles. The van der Waals surface area contributed by atoms with Gasteiger partial charge < -0.3 is 15.0 Å². The van der Waals surface area contributed by atoms with Crippen molar-refractivity contribution in [2.24, 2.45) is 0 Å². The number of ether oxygens (including phenoxy) is 1. The number of amides is 1. The van der Waals surface area contributed by atoms with Gasteiger partial charge >= 0.3 is 0 Å². The molecule has 0 heterocycles. The van der Waals surface area contributed by atoms with E-state index in [1.807, 2.05) is 0 Å². The smallest absolute Gasteiger partial charge is 0.261 e. The highest BCUT2D eigenvalue weighted by molar-refractivity contribution is 7.92. The van der Waals surface area contributed by atoms with Crippen molar-refractivity contribution in [3.8, 4) is 5.75 Å². The van der Waals surface area contributed by atoms with E-state index < -0.39 is 10.0 Å². The molecule has 0 radical (unpaired) electrons. The first-order valence-electron chi connectivity index (χ1n) is 9.17. The summed E-state index contributed by atoms with van der Waals surface area (Å²) in [6.45, 7) is 7.39. The Morgan fingerprint density at radius 2 is 1.61 bits per heavy atom. The summed E-state index contributed by atoms with van der Waals surface area (Å²) in [5, 5.41) is 2.87. The van der Waals surface area contributed by atoms with E-state index >= 15 is 0 Å². The molecule has 2 aromatic carbocycles. The van der Waals surface area contributed by atoms with Gasteiger partial charge in [0.15, 0.2) is 0 Å². The van der Waals surface area contributed by atoms with Crippen LogP contribution in [0.3, 0.4) is 0 Å². The lowest BCUT2D eigenvalue weighted by Crippen LogP contribution is -2.34. The molecule has 7 nitrogen and oxygen atoms in total. The van der Waals surface area contributed by atoms with Gasteiger partial charge in [-0.15, -0.1) is 0 Å². The molecule has 0 saturated carbocycles. The van der Waals surface area contributed by atoms with Crippen LogP contribution in [0.4, 0.5) is 5.69 Å². The van der Waals surface area contributed by atoms with Crippen LogP contribution in [-0.4, -0.2) is 52.5 Å². The summed E-state index contributed by atoms with van der Waals surface area (Å²) in [4.78, 5) is 14.6. The van der Waals surface area contributed by atoms with Gasteiger partial charge in [0, 0.05) is 24.3 Å². The number of anilines is 1. The van der Waals surface area contributed by atoms with Gasteiger partial charge in [-0.05, 0) is 61.6 Å². The summed E-state index contributed by atoms with van der Waals surface area (Å²) in [6, 6.07) is 12.4. The zero-order valence-electron chi connectivity index (χ0n) is 16.4. The van der Waals surface area contributed by atoms with Gasteiger partial charge in [0.05, 0.1) is 12.0 Å². The van der Waals surface area contributed by atoms with Crippen molar-refractivity contribution in [1.29, 1.82) is 0 Å². The van der Waals surface area contributed by atoms with Crippen molar-refractivity contribution in [1.82, 2.24) is 10.2 Å². The second-order valence-corrected chi connectivity index (χ2v) is 7.82. The Morgan fingerprint density at radius 3 is 2.14 bits per heavy atom. The molecule has 0 saturated heterocycles. The molecular weight excluding hydrogens is 378 g/mol. The van der Waals surface area contributed by atoms with E-state index in [4.69, 9.17) is 4.74 Å². The molecule has 2 N–H and O–H groups in total. The van der Waals surface area contributed by atoms with Gasteiger partial charge in [0.1, 0.15) is 5.75 Å². The number of sulfonamides is 1. The minimum absolute atomic E-state index is 0.131. The number of likely N-dealkylation sites (N-methyl/N-ethyl adjacent to an activating group) is 1. The van der Waals surface area contributed by atoms with Crippen molar-refractivity contribution in [3.05, 3.63) is 54.1 Å². The number of hydrogen-bond donors (Lipinski definition) is 2. The molecule has 0 fully saturated rings. The molecule has 1 amide bonds. The van der Waals surface area contributed by atoms with Crippen molar-refractivity contribution in [3.63, 3.8) is 0 Å². The quantitative estimate of drug-likeness (QED) is 0.634. The predicted molar refractivity (Wildman–Crippen MR) is 110 cm³/mol. The van der Waals surface area contributed by atoms with E-state index in [1.165, 1.54) is 19.2 Å². The third kappa shape index (κ3) is 5.97. The fraction of sp³-hybridized carbons (Fsp3) is 0.350. The van der Waals surface area contributed by atoms with Gasteiger partial charge in [-0.1, -0.05) is 13.8 Å². The van der Waals surface area contributed by atoms with Crippen molar-refractivity contribution in [2.45, 2.75) is 18.7 Å². The first kappa shape index (κ1) is 21.7. The Hall–Kier alpha value is -2.58. The van der Waals surface area contributed by atoms with E-state index in [2.05, 4.69) is 28.8 Å². The van der Waals surface area contributed by atoms with Crippen LogP contribution in [-0.2, 0) is 10.0 Å². The molecule has 0 aliphatic rings. The van der Waals surface area contributed by atoms with E-state index in [1.54, 1.807) is 36.4 Å². The molecule has 8 heteroatoms. The number of rotatable bonds is 10.